The minimum absolute atomic E-state index is 0.584. The highest BCUT2D eigenvalue weighted by Crippen LogP contribution is 2.35. The second-order valence-corrected chi connectivity index (χ2v) is 5.48. The zero-order chi connectivity index (χ0) is 13.1. The van der Waals surface area contributed by atoms with Crippen LogP contribution in [0.4, 0.5) is 5.95 Å². The molecule has 1 aromatic heterocycles. The summed E-state index contributed by atoms with van der Waals surface area (Å²) in [7, 11) is 1.78. The molecule has 94 valence electrons. The first-order valence-corrected chi connectivity index (χ1v) is 6.81. The summed E-state index contributed by atoms with van der Waals surface area (Å²) in [5, 5.41) is 5.09. The van der Waals surface area contributed by atoms with Crippen LogP contribution < -0.4 is 5.32 Å². The number of hydrogen-bond donors (Lipinski definition) is 1. The van der Waals surface area contributed by atoms with Crippen molar-refractivity contribution in [1.82, 2.24) is 9.97 Å². The van der Waals surface area contributed by atoms with Gasteiger partial charge in [0.25, 0.3) is 0 Å². The zero-order valence-electron chi connectivity index (χ0n) is 9.87. The third kappa shape index (κ3) is 3.07. The number of halogens is 2. The minimum Gasteiger partial charge on any atom is -0.357 e. The molecule has 0 aliphatic carbocycles. The summed E-state index contributed by atoms with van der Waals surface area (Å²) >= 11 is 13.6. The van der Waals surface area contributed by atoms with Gasteiger partial charge >= 0.3 is 0 Å². The lowest BCUT2D eigenvalue weighted by molar-refractivity contribution is 1.00. The van der Waals surface area contributed by atoms with Crippen LogP contribution in [0.25, 0.3) is 0 Å². The van der Waals surface area contributed by atoms with E-state index in [-0.39, 0.29) is 0 Å². The van der Waals surface area contributed by atoms with Crippen LogP contribution in [0.1, 0.15) is 5.56 Å². The van der Waals surface area contributed by atoms with Gasteiger partial charge in [0.2, 0.25) is 5.95 Å². The Morgan fingerprint density at radius 1 is 1.28 bits per heavy atom. The fourth-order valence-corrected chi connectivity index (χ4v) is 2.69. The number of benzene rings is 1. The van der Waals surface area contributed by atoms with E-state index in [1.54, 1.807) is 25.4 Å². The lowest BCUT2D eigenvalue weighted by atomic mass is 10.4. The van der Waals surface area contributed by atoms with E-state index in [9.17, 15) is 0 Å². The first-order valence-electron chi connectivity index (χ1n) is 5.24. The number of nitrogens with one attached hydrogen (secondary N) is 1. The first-order chi connectivity index (χ1) is 8.60. The molecule has 18 heavy (non-hydrogen) atoms. The molecule has 3 nitrogen and oxygen atoms in total. The zero-order valence-corrected chi connectivity index (χ0v) is 12.2. The Bertz CT molecular complexity index is 575. The first kappa shape index (κ1) is 13.5. The highest BCUT2D eigenvalue weighted by molar-refractivity contribution is 7.99. The van der Waals surface area contributed by atoms with Gasteiger partial charge in [0.1, 0.15) is 5.03 Å². The van der Waals surface area contributed by atoms with Crippen LogP contribution in [0, 0.1) is 6.92 Å². The summed E-state index contributed by atoms with van der Waals surface area (Å²) in [6.07, 6.45) is 1.78. The lowest BCUT2D eigenvalue weighted by Crippen LogP contribution is -1.98. The molecule has 0 unspecified atom stereocenters. The number of nitrogens with zero attached hydrogens (tertiary/aromatic N) is 2. The predicted molar refractivity (Wildman–Crippen MR) is 76.9 cm³/mol. The van der Waals surface area contributed by atoms with Gasteiger partial charge in [-0.1, -0.05) is 35.0 Å². The third-order valence-electron chi connectivity index (χ3n) is 2.25. The van der Waals surface area contributed by atoms with E-state index in [1.165, 1.54) is 11.8 Å². The molecule has 0 saturated carbocycles. The van der Waals surface area contributed by atoms with Crippen LogP contribution in [0.3, 0.4) is 0 Å². The van der Waals surface area contributed by atoms with Gasteiger partial charge in [0.15, 0.2) is 0 Å². The average Bonchev–Trinajstić information content (AvgIpc) is 2.36. The van der Waals surface area contributed by atoms with Gasteiger partial charge < -0.3 is 5.32 Å². The molecular weight excluding hydrogens is 289 g/mol. The standard InChI is InChI=1S/C12H11Cl2N3S/c1-7-6-16-12(15-2)17-11(7)18-10-5-8(13)3-4-9(10)14/h3-6H,1-2H3,(H,15,16,17). The molecule has 0 saturated heterocycles. The van der Waals surface area contributed by atoms with E-state index in [0.717, 1.165) is 15.5 Å². The summed E-state index contributed by atoms with van der Waals surface area (Å²) in [5.41, 5.74) is 0.995. The van der Waals surface area contributed by atoms with Crippen LogP contribution in [-0.4, -0.2) is 17.0 Å². The van der Waals surface area contributed by atoms with Gasteiger partial charge in [-0.05, 0) is 25.1 Å². The molecular formula is C12H11Cl2N3S. The molecule has 0 aliphatic heterocycles. The second-order valence-electron chi connectivity index (χ2n) is 3.61. The number of aromatic nitrogens is 2. The fraction of sp³-hybridized carbons (Fsp3) is 0.167. The smallest absolute Gasteiger partial charge is 0.223 e. The minimum atomic E-state index is 0.584. The summed E-state index contributed by atoms with van der Waals surface area (Å²) in [4.78, 5) is 9.42. The van der Waals surface area contributed by atoms with E-state index in [0.29, 0.717) is 16.0 Å². The number of anilines is 1. The van der Waals surface area contributed by atoms with Gasteiger partial charge in [-0.3, -0.25) is 0 Å². The number of hydrogen-bond acceptors (Lipinski definition) is 4. The molecule has 0 bridgehead atoms. The van der Waals surface area contributed by atoms with Crippen molar-refractivity contribution in [3.8, 4) is 0 Å². The van der Waals surface area contributed by atoms with E-state index in [2.05, 4.69) is 15.3 Å². The predicted octanol–water partition coefficient (Wildman–Crippen LogP) is 4.28. The lowest BCUT2D eigenvalue weighted by Gasteiger charge is -2.08. The summed E-state index contributed by atoms with van der Waals surface area (Å²) in [6.45, 7) is 1.96. The third-order valence-corrected chi connectivity index (χ3v) is 4.09. The highest BCUT2D eigenvalue weighted by atomic mass is 35.5. The van der Waals surface area contributed by atoms with Crippen molar-refractivity contribution < 1.29 is 0 Å². The van der Waals surface area contributed by atoms with Crippen LogP contribution in [0.15, 0.2) is 34.3 Å². The molecule has 0 radical (unpaired) electrons. The van der Waals surface area contributed by atoms with Crippen LogP contribution in [0.2, 0.25) is 10.0 Å². The van der Waals surface area contributed by atoms with Crippen molar-refractivity contribution in [2.75, 3.05) is 12.4 Å². The molecule has 0 amide bonds. The van der Waals surface area contributed by atoms with E-state index in [1.807, 2.05) is 13.0 Å². The summed E-state index contributed by atoms with van der Waals surface area (Å²) in [5.74, 6) is 0.584. The van der Waals surface area contributed by atoms with Crippen molar-refractivity contribution >= 4 is 40.9 Å². The second kappa shape index (κ2) is 5.78. The Morgan fingerprint density at radius 3 is 2.78 bits per heavy atom. The highest BCUT2D eigenvalue weighted by Gasteiger charge is 2.08. The van der Waals surface area contributed by atoms with Crippen LogP contribution in [0.5, 0.6) is 0 Å². The number of aryl methyl sites for hydroxylation is 1. The van der Waals surface area contributed by atoms with Crippen molar-refractivity contribution in [3.05, 3.63) is 40.0 Å². The van der Waals surface area contributed by atoms with Gasteiger partial charge in [-0.15, -0.1) is 0 Å². The molecule has 1 heterocycles. The fourth-order valence-electron chi connectivity index (χ4n) is 1.31. The van der Waals surface area contributed by atoms with E-state index < -0.39 is 0 Å². The van der Waals surface area contributed by atoms with Gasteiger partial charge in [-0.25, -0.2) is 9.97 Å². The molecule has 2 rings (SSSR count). The summed E-state index contributed by atoms with van der Waals surface area (Å²) < 4.78 is 0. The quantitative estimate of drug-likeness (QED) is 0.858. The van der Waals surface area contributed by atoms with Crippen molar-refractivity contribution in [2.45, 2.75) is 16.8 Å². The maximum absolute atomic E-state index is 6.13. The topological polar surface area (TPSA) is 37.8 Å². The Balaban J connectivity index is 2.36. The van der Waals surface area contributed by atoms with Gasteiger partial charge in [0.05, 0.1) is 5.02 Å². The van der Waals surface area contributed by atoms with Crippen LogP contribution in [-0.2, 0) is 0 Å². The van der Waals surface area contributed by atoms with Crippen molar-refractivity contribution in [1.29, 1.82) is 0 Å². The maximum Gasteiger partial charge on any atom is 0.223 e. The van der Waals surface area contributed by atoms with Gasteiger partial charge in [-0.2, -0.15) is 0 Å². The molecule has 0 spiro atoms. The molecule has 0 aliphatic rings. The van der Waals surface area contributed by atoms with Gasteiger partial charge in [0, 0.05) is 28.7 Å². The Labute approximate surface area is 120 Å². The molecule has 6 heteroatoms. The monoisotopic (exact) mass is 299 g/mol. The maximum atomic E-state index is 6.13. The Morgan fingerprint density at radius 2 is 2.06 bits per heavy atom. The van der Waals surface area contributed by atoms with Crippen LogP contribution >= 0.6 is 35.0 Å². The molecule has 2 aromatic rings. The Kier molecular flexibility index (Phi) is 4.32. The molecule has 1 aromatic carbocycles. The SMILES string of the molecule is CNc1ncc(C)c(Sc2cc(Cl)ccc2Cl)n1. The largest absolute Gasteiger partial charge is 0.357 e. The molecule has 0 atom stereocenters. The van der Waals surface area contributed by atoms with E-state index >= 15 is 0 Å². The molecule has 0 fully saturated rings. The van der Waals surface area contributed by atoms with Crippen molar-refractivity contribution in [2.24, 2.45) is 0 Å². The molecule has 1 N–H and O–H groups in total. The van der Waals surface area contributed by atoms with Crippen molar-refractivity contribution in [3.63, 3.8) is 0 Å². The number of rotatable bonds is 3. The average molecular weight is 300 g/mol. The Hall–Kier alpha value is -0.970. The normalized spacial score (nSPS) is 10.4. The summed E-state index contributed by atoms with van der Waals surface area (Å²) in [6, 6.07) is 5.37. The van der Waals surface area contributed by atoms with E-state index in [4.69, 9.17) is 23.2 Å².